The average Bonchev–Trinajstić information content (AvgIpc) is 3.16. The highest BCUT2D eigenvalue weighted by atomic mass is 19.4. The topological polar surface area (TPSA) is 38.1 Å². The maximum Gasteiger partial charge on any atom is 0.434 e. The number of benzene rings is 1. The molecule has 1 fully saturated rings. The van der Waals surface area contributed by atoms with Crippen molar-refractivity contribution in [3.05, 3.63) is 41.5 Å². The number of imidazole rings is 1. The summed E-state index contributed by atoms with van der Waals surface area (Å²) < 4.78 is 53.8. The number of hydrogen-bond acceptors (Lipinski definition) is 2. The summed E-state index contributed by atoms with van der Waals surface area (Å²) in [5, 5.41) is 8.95. The van der Waals surface area contributed by atoms with Gasteiger partial charge in [0.05, 0.1) is 12.2 Å². The molecule has 0 saturated heterocycles. The van der Waals surface area contributed by atoms with Gasteiger partial charge in [0.2, 0.25) is 0 Å². The van der Waals surface area contributed by atoms with Crippen LogP contribution in [0.4, 0.5) is 17.6 Å². The molecule has 0 spiro atoms. The molecule has 7 heteroatoms. The van der Waals surface area contributed by atoms with Crippen molar-refractivity contribution in [2.24, 2.45) is 0 Å². The molecule has 0 atom stereocenters. The Morgan fingerprint density at radius 3 is 2.52 bits per heavy atom. The van der Waals surface area contributed by atoms with Crippen LogP contribution in [0.1, 0.15) is 30.1 Å². The third-order valence-electron chi connectivity index (χ3n) is 3.42. The highest BCUT2D eigenvalue weighted by molar-refractivity contribution is 5.58. The second-order valence-corrected chi connectivity index (χ2v) is 5.06. The van der Waals surface area contributed by atoms with Gasteiger partial charge in [0, 0.05) is 12.2 Å². The molecule has 1 aromatic carbocycles. The number of aliphatic hydroxyl groups excluding tert-OH is 1. The summed E-state index contributed by atoms with van der Waals surface area (Å²) in [5.74, 6) is -0.713. The summed E-state index contributed by atoms with van der Waals surface area (Å²) in [5.41, 5.74) is -0.651. The standard InChI is InChI=1S/C14H12F4N2O/c15-11-5-8(7-21)1-4-10(11)13-19-12(14(16,17)18)6-20(13)9-2-3-9/h1,4-6,9,21H,2-3,7H2. The van der Waals surface area contributed by atoms with Crippen molar-refractivity contribution in [1.29, 1.82) is 0 Å². The van der Waals surface area contributed by atoms with Crippen molar-refractivity contribution >= 4 is 0 Å². The lowest BCUT2D eigenvalue weighted by atomic mass is 10.1. The summed E-state index contributed by atoms with van der Waals surface area (Å²) in [7, 11) is 0. The third kappa shape index (κ3) is 2.65. The number of alkyl halides is 3. The lowest BCUT2D eigenvalue weighted by molar-refractivity contribution is -0.140. The Morgan fingerprint density at radius 2 is 2.00 bits per heavy atom. The Labute approximate surface area is 117 Å². The van der Waals surface area contributed by atoms with Gasteiger partial charge >= 0.3 is 6.18 Å². The molecule has 0 bridgehead atoms. The van der Waals surface area contributed by atoms with Gasteiger partial charge in [0.1, 0.15) is 11.6 Å². The highest BCUT2D eigenvalue weighted by Gasteiger charge is 2.37. The molecule has 0 unspecified atom stereocenters. The quantitative estimate of drug-likeness (QED) is 0.881. The van der Waals surface area contributed by atoms with Crippen molar-refractivity contribution in [1.82, 2.24) is 9.55 Å². The number of aromatic nitrogens is 2. The predicted octanol–water partition coefficient (Wildman–Crippen LogP) is 3.54. The third-order valence-corrected chi connectivity index (χ3v) is 3.42. The van der Waals surface area contributed by atoms with Crippen molar-refractivity contribution in [2.45, 2.75) is 31.7 Å². The van der Waals surface area contributed by atoms with Crippen LogP contribution in [0.2, 0.25) is 0 Å². The molecule has 3 nitrogen and oxygen atoms in total. The minimum atomic E-state index is -4.56. The molecule has 1 heterocycles. The second-order valence-electron chi connectivity index (χ2n) is 5.06. The van der Waals surface area contributed by atoms with Gasteiger partial charge in [-0.2, -0.15) is 13.2 Å². The van der Waals surface area contributed by atoms with Crippen LogP contribution < -0.4 is 0 Å². The van der Waals surface area contributed by atoms with E-state index in [2.05, 4.69) is 4.98 Å². The molecule has 0 aliphatic heterocycles. The van der Waals surface area contributed by atoms with E-state index in [9.17, 15) is 17.6 Å². The fourth-order valence-corrected chi connectivity index (χ4v) is 2.20. The Morgan fingerprint density at radius 1 is 1.29 bits per heavy atom. The van der Waals surface area contributed by atoms with Crippen LogP contribution in [0.5, 0.6) is 0 Å². The molecule has 0 radical (unpaired) electrons. The molecule has 1 aliphatic carbocycles. The van der Waals surface area contributed by atoms with Gasteiger partial charge in [0.15, 0.2) is 5.69 Å². The molecule has 3 rings (SSSR count). The molecule has 21 heavy (non-hydrogen) atoms. The van der Waals surface area contributed by atoms with Gasteiger partial charge in [-0.1, -0.05) is 6.07 Å². The second kappa shape index (κ2) is 4.84. The van der Waals surface area contributed by atoms with Crippen LogP contribution in [0.15, 0.2) is 24.4 Å². The van der Waals surface area contributed by atoms with Gasteiger partial charge in [-0.05, 0) is 30.5 Å². The van der Waals surface area contributed by atoms with Crippen LogP contribution in [-0.2, 0) is 12.8 Å². The SMILES string of the molecule is OCc1ccc(-c2nc(C(F)(F)F)cn2C2CC2)c(F)c1. The number of nitrogens with zero attached hydrogens (tertiary/aromatic N) is 2. The van der Waals surface area contributed by atoms with E-state index >= 15 is 0 Å². The largest absolute Gasteiger partial charge is 0.434 e. The first-order chi connectivity index (χ1) is 9.90. The predicted molar refractivity (Wildman–Crippen MR) is 66.8 cm³/mol. The summed E-state index contributed by atoms with van der Waals surface area (Å²) in [6, 6.07) is 3.87. The fourth-order valence-electron chi connectivity index (χ4n) is 2.20. The first-order valence-electron chi connectivity index (χ1n) is 6.46. The van der Waals surface area contributed by atoms with E-state index in [1.807, 2.05) is 0 Å². The lowest BCUT2D eigenvalue weighted by Gasteiger charge is -2.07. The zero-order valence-corrected chi connectivity index (χ0v) is 10.9. The first-order valence-corrected chi connectivity index (χ1v) is 6.46. The molecular weight excluding hydrogens is 288 g/mol. The molecule has 1 aliphatic rings. The smallest absolute Gasteiger partial charge is 0.392 e. The summed E-state index contributed by atoms with van der Waals surface area (Å²) in [4.78, 5) is 3.56. The normalized spacial score (nSPS) is 15.5. The van der Waals surface area contributed by atoms with Gasteiger partial charge in [-0.3, -0.25) is 0 Å². The van der Waals surface area contributed by atoms with E-state index in [0.717, 1.165) is 25.1 Å². The Bertz CT molecular complexity index is 674. The molecular formula is C14H12F4N2O. The van der Waals surface area contributed by atoms with E-state index in [1.165, 1.54) is 16.7 Å². The van der Waals surface area contributed by atoms with Crippen LogP contribution in [0.3, 0.4) is 0 Å². The molecule has 1 aromatic heterocycles. The van der Waals surface area contributed by atoms with E-state index in [-0.39, 0.29) is 24.0 Å². The van der Waals surface area contributed by atoms with Crippen LogP contribution in [-0.4, -0.2) is 14.7 Å². The minimum Gasteiger partial charge on any atom is -0.392 e. The zero-order valence-electron chi connectivity index (χ0n) is 10.9. The maximum atomic E-state index is 14.0. The Kier molecular flexibility index (Phi) is 3.24. The number of rotatable bonds is 3. The first kappa shape index (κ1) is 14.1. The Balaban J connectivity index is 2.11. The molecule has 2 aromatic rings. The van der Waals surface area contributed by atoms with E-state index in [1.54, 1.807) is 0 Å². The molecule has 1 saturated carbocycles. The lowest BCUT2D eigenvalue weighted by Crippen LogP contribution is -2.05. The summed E-state index contributed by atoms with van der Waals surface area (Å²) in [6.07, 6.45) is -2.10. The highest BCUT2D eigenvalue weighted by Crippen LogP contribution is 2.41. The van der Waals surface area contributed by atoms with E-state index in [4.69, 9.17) is 5.11 Å². The number of hydrogen-bond donors (Lipinski definition) is 1. The average molecular weight is 300 g/mol. The van der Waals surface area contributed by atoms with Gasteiger partial charge in [0.25, 0.3) is 0 Å². The van der Waals surface area contributed by atoms with E-state index in [0.29, 0.717) is 5.56 Å². The molecule has 1 N–H and O–H groups in total. The Hall–Kier alpha value is -1.89. The maximum absolute atomic E-state index is 14.0. The van der Waals surface area contributed by atoms with Gasteiger partial charge in [-0.25, -0.2) is 9.37 Å². The monoisotopic (exact) mass is 300 g/mol. The fraction of sp³-hybridized carbons (Fsp3) is 0.357. The van der Waals surface area contributed by atoms with Gasteiger partial charge < -0.3 is 9.67 Å². The van der Waals surface area contributed by atoms with E-state index < -0.39 is 17.7 Å². The summed E-state index contributed by atoms with van der Waals surface area (Å²) >= 11 is 0. The van der Waals surface area contributed by atoms with Crippen LogP contribution in [0.25, 0.3) is 11.4 Å². The zero-order chi connectivity index (χ0) is 15.2. The summed E-state index contributed by atoms with van der Waals surface area (Å²) in [6.45, 7) is -0.331. The van der Waals surface area contributed by atoms with Crippen molar-refractivity contribution in [3.8, 4) is 11.4 Å². The van der Waals surface area contributed by atoms with Crippen LogP contribution in [0, 0.1) is 5.82 Å². The number of aliphatic hydroxyl groups is 1. The van der Waals surface area contributed by atoms with Crippen LogP contribution >= 0.6 is 0 Å². The number of halogens is 4. The molecule has 0 amide bonds. The molecule has 112 valence electrons. The van der Waals surface area contributed by atoms with Crippen molar-refractivity contribution < 1.29 is 22.7 Å². The van der Waals surface area contributed by atoms with Crippen molar-refractivity contribution in [3.63, 3.8) is 0 Å². The minimum absolute atomic E-state index is 0.00889. The van der Waals surface area contributed by atoms with Crippen molar-refractivity contribution in [2.75, 3.05) is 0 Å². The van der Waals surface area contributed by atoms with Gasteiger partial charge in [-0.15, -0.1) is 0 Å².